The Morgan fingerprint density at radius 1 is 1.06 bits per heavy atom. The summed E-state index contributed by atoms with van der Waals surface area (Å²) in [7, 11) is 0. The summed E-state index contributed by atoms with van der Waals surface area (Å²) in [5.74, 6) is 0.459. The lowest BCUT2D eigenvalue weighted by molar-refractivity contribution is 0.0385. The van der Waals surface area contributed by atoms with Crippen molar-refractivity contribution in [2.75, 3.05) is 39.4 Å². The molecular weight excluding hydrogens is 456 g/mol. The van der Waals surface area contributed by atoms with E-state index >= 15 is 0 Å². The standard InChI is InChI=1S/C27H28N6O3/c34-27(30-11-13-32-14-16-35-17-15-32)36-19-6-7-20-21(8-10-29-23(20)18-19)25-24-5-3-12-33(24)31-26(25)22-4-1-2-9-28-22/h1-2,4,6-10,18H,3,5,11-17H2,(H,30,34). The Bertz CT molecular complexity index is 1380. The molecule has 0 aliphatic carbocycles. The van der Waals surface area contributed by atoms with E-state index < -0.39 is 6.09 Å². The highest BCUT2D eigenvalue weighted by molar-refractivity contribution is 5.99. The second kappa shape index (κ2) is 10.0. The zero-order chi connectivity index (χ0) is 24.3. The maximum atomic E-state index is 12.4. The van der Waals surface area contributed by atoms with Gasteiger partial charge in [0.1, 0.15) is 11.4 Å². The molecule has 0 bridgehead atoms. The molecule has 1 fully saturated rings. The van der Waals surface area contributed by atoms with Gasteiger partial charge in [-0.2, -0.15) is 5.10 Å². The molecule has 0 radical (unpaired) electrons. The van der Waals surface area contributed by atoms with E-state index in [-0.39, 0.29) is 0 Å². The minimum Gasteiger partial charge on any atom is -0.410 e. The van der Waals surface area contributed by atoms with Crippen molar-refractivity contribution < 1.29 is 14.3 Å². The minimum atomic E-state index is -0.467. The monoisotopic (exact) mass is 484 g/mol. The van der Waals surface area contributed by atoms with Gasteiger partial charge in [0.05, 0.1) is 24.4 Å². The molecule has 0 spiro atoms. The van der Waals surface area contributed by atoms with Crippen LogP contribution in [0.25, 0.3) is 33.4 Å². The van der Waals surface area contributed by atoms with Gasteiger partial charge in [-0.15, -0.1) is 0 Å². The van der Waals surface area contributed by atoms with Crippen molar-refractivity contribution >= 4 is 17.0 Å². The number of aryl methyl sites for hydroxylation is 1. The first-order valence-corrected chi connectivity index (χ1v) is 12.4. The maximum absolute atomic E-state index is 12.4. The summed E-state index contributed by atoms with van der Waals surface area (Å²) in [5, 5.41) is 8.72. The van der Waals surface area contributed by atoms with Crippen LogP contribution in [0, 0.1) is 0 Å². The molecule has 4 aromatic rings. The molecule has 3 aromatic heterocycles. The smallest absolute Gasteiger partial charge is 0.410 e. The van der Waals surface area contributed by atoms with E-state index in [1.54, 1.807) is 12.4 Å². The van der Waals surface area contributed by atoms with Gasteiger partial charge in [-0.3, -0.25) is 19.5 Å². The highest BCUT2D eigenvalue weighted by Gasteiger charge is 2.25. The fourth-order valence-electron chi connectivity index (χ4n) is 4.99. The number of hydrogen-bond acceptors (Lipinski definition) is 7. The number of benzene rings is 1. The van der Waals surface area contributed by atoms with Gasteiger partial charge < -0.3 is 14.8 Å². The van der Waals surface area contributed by atoms with E-state index in [4.69, 9.17) is 14.6 Å². The molecule has 1 saturated heterocycles. The summed E-state index contributed by atoms with van der Waals surface area (Å²) in [6.07, 6.45) is 5.18. The van der Waals surface area contributed by atoms with E-state index in [1.165, 1.54) is 5.69 Å². The normalized spacial score (nSPS) is 15.7. The topological polar surface area (TPSA) is 94.4 Å². The number of pyridine rings is 2. The van der Waals surface area contributed by atoms with Crippen molar-refractivity contribution in [1.29, 1.82) is 0 Å². The number of rotatable bonds is 6. The Kier molecular flexibility index (Phi) is 6.31. The molecule has 6 rings (SSSR count). The van der Waals surface area contributed by atoms with Crippen LogP contribution < -0.4 is 10.1 Å². The van der Waals surface area contributed by atoms with Gasteiger partial charge in [0.2, 0.25) is 0 Å². The van der Waals surface area contributed by atoms with Crippen molar-refractivity contribution in [3.8, 4) is 28.3 Å². The van der Waals surface area contributed by atoms with Crippen LogP contribution in [-0.2, 0) is 17.7 Å². The van der Waals surface area contributed by atoms with Crippen LogP contribution in [0.5, 0.6) is 5.75 Å². The predicted molar refractivity (Wildman–Crippen MR) is 136 cm³/mol. The Labute approximate surface area is 209 Å². The molecule has 1 aromatic carbocycles. The molecule has 9 nitrogen and oxygen atoms in total. The summed E-state index contributed by atoms with van der Waals surface area (Å²) in [4.78, 5) is 23.8. The first kappa shape index (κ1) is 22.6. The third-order valence-corrected chi connectivity index (χ3v) is 6.74. The van der Waals surface area contributed by atoms with Crippen molar-refractivity contribution in [1.82, 2.24) is 30.0 Å². The number of nitrogens with zero attached hydrogens (tertiary/aromatic N) is 5. The quantitative estimate of drug-likeness (QED) is 0.447. The van der Waals surface area contributed by atoms with Crippen LogP contribution in [0.4, 0.5) is 4.79 Å². The summed E-state index contributed by atoms with van der Waals surface area (Å²) in [6.45, 7) is 5.46. The minimum absolute atomic E-state index is 0.459. The van der Waals surface area contributed by atoms with Gasteiger partial charge >= 0.3 is 6.09 Å². The van der Waals surface area contributed by atoms with Crippen molar-refractivity contribution in [3.05, 3.63) is 60.6 Å². The van der Waals surface area contributed by atoms with E-state index in [0.29, 0.717) is 12.3 Å². The van der Waals surface area contributed by atoms with E-state index in [9.17, 15) is 4.79 Å². The fourth-order valence-corrected chi connectivity index (χ4v) is 4.99. The SMILES string of the molecule is O=C(NCCN1CCOCC1)Oc1ccc2c(-c3c(-c4ccccn4)nn4c3CCC4)ccnc2c1. The molecule has 0 saturated carbocycles. The Hall–Kier alpha value is -3.82. The number of ether oxygens (including phenoxy) is 2. The van der Waals surface area contributed by atoms with Crippen molar-refractivity contribution in [3.63, 3.8) is 0 Å². The number of aromatic nitrogens is 4. The summed E-state index contributed by atoms with van der Waals surface area (Å²) in [6, 6.07) is 13.5. The molecule has 1 amide bonds. The Morgan fingerprint density at radius 2 is 1.97 bits per heavy atom. The first-order valence-electron chi connectivity index (χ1n) is 12.4. The Morgan fingerprint density at radius 3 is 2.83 bits per heavy atom. The second-order valence-corrected chi connectivity index (χ2v) is 9.02. The van der Waals surface area contributed by atoms with Crippen LogP contribution >= 0.6 is 0 Å². The van der Waals surface area contributed by atoms with Crippen LogP contribution in [0.1, 0.15) is 12.1 Å². The molecule has 2 aliphatic heterocycles. The third-order valence-electron chi connectivity index (χ3n) is 6.74. The number of morpholine rings is 1. The van der Waals surface area contributed by atoms with Gasteiger partial charge in [-0.05, 0) is 48.7 Å². The highest BCUT2D eigenvalue weighted by Crippen LogP contribution is 2.40. The maximum Gasteiger partial charge on any atom is 0.412 e. The third kappa shape index (κ3) is 4.55. The summed E-state index contributed by atoms with van der Waals surface area (Å²) in [5.41, 5.74) is 5.89. The highest BCUT2D eigenvalue weighted by atomic mass is 16.6. The molecular formula is C27H28N6O3. The zero-order valence-electron chi connectivity index (χ0n) is 20.0. The predicted octanol–water partition coefficient (Wildman–Crippen LogP) is 3.53. The van der Waals surface area contributed by atoms with Gasteiger partial charge in [-0.1, -0.05) is 6.07 Å². The molecule has 9 heteroatoms. The largest absolute Gasteiger partial charge is 0.412 e. The lowest BCUT2D eigenvalue weighted by atomic mass is 9.96. The Balaban J connectivity index is 1.24. The number of carbonyl (C=O) groups is 1. The molecule has 0 atom stereocenters. The van der Waals surface area contributed by atoms with Crippen LogP contribution in [0.2, 0.25) is 0 Å². The number of nitrogens with one attached hydrogen (secondary N) is 1. The zero-order valence-corrected chi connectivity index (χ0v) is 20.0. The molecule has 2 aliphatic rings. The van der Waals surface area contributed by atoms with Crippen molar-refractivity contribution in [2.24, 2.45) is 0 Å². The first-order chi connectivity index (χ1) is 17.8. The molecule has 36 heavy (non-hydrogen) atoms. The summed E-state index contributed by atoms with van der Waals surface area (Å²) < 4.78 is 13.0. The summed E-state index contributed by atoms with van der Waals surface area (Å²) >= 11 is 0. The second-order valence-electron chi connectivity index (χ2n) is 9.02. The average Bonchev–Trinajstić information content (AvgIpc) is 3.51. The lowest BCUT2D eigenvalue weighted by Crippen LogP contribution is -2.41. The van der Waals surface area contributed by atoms with Gasteiger partial charge in [0.15, 0.2) is 0 Å². The van der Waals surface area contributed by atoms with Crippen LogP contribution in [-0.4, -0.2) is 70.1 Å². The van der Waals surface area contributed by atoms with Gasteiger partial charge in [-0.25, -0.2) is 4.79 Å². The molecule has 0 unspecified atom stereocenters. The molecule has 184 valence electrons. The van der Waals surface area contributed by atoms with Crippen LogP contribution in [0.15, 0.2) is 54.9 Å². The van der Waals surface area contributed by atoms with Gasteiger partial charge in [0.25, 0.3) is 0 Å². The average molecular weight is 485 g/mol. The number of carbonyl (C=O) groups excluding carboxylic acids is 1. The van der Waals surface area contributed by atoms with E-state index in [1.807, 2.05) is 42.5 Å². The molecule has 5 heterocycles. The number of hydrogen-bond donors (Lipinski definition) is 1. The van der Waals surface area contributed by atoms with Gasteiger partial charge in [0, 0.05) is 67.8 Å². The van der Waals surface area contributed by atoms with Crippen molar-refractivity contribution in [2.45, 2.75) is 19.4 Å². The number of amides is 1. The van der Waals surface area contributed by atoms with Crippen LogP contribution in [0.3, 0.4) is 0 Å². The van der Waals surface area contributed by atoms with E-state index in [2.05, 4.69) is 24.9 Å². The van der Waals surface area contributed by atoms with E-state index in [0.717, 1.165) is 85.7 Å². The number of fused-ring (bicyclic) bond motifs is 2. The lowest BCUT2D eigenvalue weighted by Gasteiger charge is -2.26. The fraction of sp³-hybridized carbons (Fsp3) is 0.333. The molecule has 1 N–H and O–H groups in total.